The lowest BCUT2D eigenvalue weighted by molar-refractivity contribution is -0.122. The highest BCUT2D eigenvalue weighted by atomic mass is 16.4. The number of imide groups is 1. The van der Waals surface area contributed by atoms with Crippen LogP contribution in [-0.2, 0) is 9.59 Å². The average molecular weight is 447 g/mol. The number of benzene rings is 3. The maximum Gasteiger partial charge on any atom is 0.335 e. The number of carboxylic acid groups (broad SMARTS) is 1. The van der Waals surface area contributed by atoms with Gasteiger partial charge in [0.15, 0.2) is 0 Å². The quantitative estimate of drug-likeness (QED) is 0.460. The molecule has 2 amide bonds. The lowest BCUT2D eigenvalue weighted by Crippen LogP contribution is -2.33. The molecule has 3 aromatic carbocycles. The summed E-state index contributed by atoms with van der Waals surface area (Å²) in [5.74, 6) is -2.66. The number of aromatic carboxylic acids is 1. The zero-order chi connectivity index (χ0) is 23.4. The number of rotatable bonds is 4. The van der Waals surface area contributed by atoms with Gasteiger partial charge in [0.1, 0.15) is 0 Å². The average Bonchev–Trinajstić information content (AvgIpc) is 3.50. The van der Waals surface area contributed by atoms with Crippen LogP contribution in [0.25, 0.3) is 5.57 Å². The van der Waals surface area contributed by atoms with E-state index >= 15 is 0 Å². The van der Waals surface area contributed by atoms with Crippen molar-refractivity contribution in [3.63, 3.8) is 0 Å². The van der Waals surface area contributed by atoms with E-state index in [9.17, 15) is 14.4 Å². The fraction of sp³-hybridized carbons (Fsp3) is 0.138. The Morgan fingerprint density at radius 3 is 1.56 bits per heavy atom. The molecule has 34 heavy (non-hydrogen) atoms. The summed E-state index contributed by atoms with van der Waals surface area (Å²) >= 11 is 0. The SMILES string of the molecule is O=C(O)c1ccc(N2C(=O)[C@H]3[C@H](C2=O)[C@H]2C=C[C@@H]3C2=C(c2ccccc2)c2ccccc2)cc1. The first kappa shape index (κ1) is 20.4. The first-order valence-electron chi connectivity index (χ1n) is 11.3. The topological polar surface area (TPSA) is 74.7 Å². The van der Waals surface area contributed by atoms with Crippen LogP contribution in [-0.4, -0.2) is 22.9 Å². The Morgan fingerprint density at radius 1 is 0.647 bits per heavy atom. The largest absolute Gasteiger partial charge is 0.478 e. The second-order valence-electron chi connectivity index (χ2n) is 8.91. The highest BCUT2D eigenvalue weighted by Crippen LogP contribution is 2.58. The van der Waals surface area contributed by atoms with Crippen LogP contribution in [0.2, 0.25) is 0 Å². The minimum atomic E-state index is -1.05. The molecule has 2 fully saturated rings. The summed E-state index contributed by atoms with van der Waals surface area (Å²) in [6.07, 6.45) is 4.16. The van der Waals surface area contributed by atoms with Crippen molar-refractivity contribution in [2.75, 3.05) is 4.90 Å². The summed E-state index contributed by atoms with van der Waals surface area (Å²) in [5, 5.41) is 9.16. The number of hydrogen-bond donors (Lipinski definition) is 1. The van der Waals surface area contributed by atoms with E-state index in [-0.39, 0.29) is 29.2 Å². The molecule has 4 atom stereocenters. The van der Waals surface area contributed by atoms with Crippen LogP contribution in [0, 0.1) is 23.7 Å². The van der Waals surface area contributed by atoms with Crippen LogP contribution in [0.5, 0.6) is 0 Å². The van der Waals surface area contributed by atoms with Crippen LogP contribution in [0.15, 0.2) is 103 Å². The fourth-order valence-electron chi connectivity index (χ4n) is 5.81. The van der Waals surface area contributed by atoms with Crippen molar-refractivity contribution < 1.29 is 19.5 Å². The van der Waals surface area contributed by atoms with Crippen LogP contribution >= 0.6 is 0 Å². The van der Waals surface area contributed by atoms with Crippen molar-refractivity contribution in [3.05, 3.63) is 119 Å². The van der Waals surface area contributed by atoms with E-state index in [4.69, 9.17) is 5.11 Å². The highest BCUT2D eigenvalue weighted by Gasteiger charge is 2.62. The molecule has 0 aromatic heterocycles. The molecule has 5 heteroatoms. The third-order valence-corrected chi connectivity index (χ3v) is 7.20. The molecular weight excluding hydrogens is 426 g/mol. The van der Waals surface area contributed by atoms with Crippen molar-refractivity contribution in [2.45, 2.75) is 0 Å². The molecule has 1 aliphatic heterocycles. The zero-order valence-corrected chi connectivity index (χ0v) is 18.2. The minimum absolute atomic E-state index is 0.116. The van der Waals surface area contributed by atoms with Gasteiger partial charge >= 0.3 is 5.97 Å². The van der Waals surface area contributed by atoms with Gasteiger partial charge < -0.3 is 5.11 Å². The van der Waals surface area contributed by atoms with Crippen LogP contribution in [0.3, 0.4) is 0 Å². The van der Waals surface area contributed by atoms with E-state index in [1.54, 1.807) is 0 Å². The predicted molar refractivity (Wildman–Crippen MR) is 128 cm³/mol. The van der Waals surface area contributed by atoms with Gasteiger partial charge in [0.2, 0.25) is 11.8 Å². The van der Waals surface area contributed by atoms with Gasteiger partial charge in [0, 0.05) is 11.8 Å². The molecule has 0 unspecified atom stereocenters. The van der Waals surface area contributed by atoms with Gasteiger partial charge in [-0.15, -0.1) is 0 Å². The molecule has 1 heterocycles. The Kier molecular flexibility index (Phi) is 4.59. The number of hydrogen-bond acceptors (Lipinski definition) is 3. The monoisotopic (exact) mass is 447 g/mol. The number of allylic oxidation sites excluding steroid dienone is 3. The molecule has 2 bridgehead atoms. The van der Waals surface area contributed by atoms with E-state index in [0.717, 1.165) is 22.3 Å². The van der Waals surface area contributed by atoms with E-state index in [1.807, 2.05) is 36.4 Å². The van der Waals surface area contributed by atoms with Crippen molar-refractivity contribution in [3.8, 4) is 0 Å². The maximum absolute atomic E-state index is 13.6. The highest BCUT2D eigenvalue weighted by molar-refractivity contribution is 6.23. The standard InChI is InChI=1S/C29H21NO4/c31-27-25-21-15-16-22(26(25)28(32)30(27)20-13-11-19(12-14-20)29(33)34)24(21)23(17-7-3-1-4-8-17)18-9-5-2-6-10-18/h1-16,21-22,25-26H,(H,33,34)/t21-,22+,25-,26-/m1/s1. The van der Waals surface area contributed by atoms with Crippen LogP contribution < -0.4 is 4.90 Å². The van der Waals surface area contributed by atoms with E-state index in [1.165, 1.54) is 29.2 Å². The van der Waals surface area contributed by atoms with Gasteiger partial charge in [-0.1, -0.05) is 72.8 Å². The van der Waals surface area contributed by atoms with Gasteiger partial charge in [-0.25, -0.2) is 9.69 Å². The summed E-state index contributed by atoms with van der Waals surface area (Å²) in [5.41, 5.74) is 4.91. The van der Waals surface area contributed by atoms with Gasteiger partial charge in [0.25, 0.3) is 0 Å². The molecule has 6 rings (SSSR count). The number of carboxylic acids is 1. The van der Waals surface area contributed by atoms with Crippen molar-refractivity contribution in [2.24, 2.45) is 23.7 Å². The van der Waals surface area contributed by atoms with Crippen molar-refractivity contribution in [1.29, 1.82) is 0 Å². The summed E-state index contributed by atoms with van der Waals surface area (Å²) in [6.45, 7) is 0. The fourth-order valence-corrected chi connectivity index (χ4v) is 5.81. The Morgan fingerprint density at radius 2 is 1.12 bits per heavy atom. The third-order valence-electron chi connectivity index (χ3n) is 7.20. The molecule has 3 aliphatic rings. The van der Waals surface area contributed by atoms with Crippen molar-refractivity contribution >= 4 is 29.0 Å². The molecule has 166 valence electrons. The lowest BCUT2D eigenvalue weighted by atomic mass is 9.85. The van der Waals surface area contributed by atoms with Gasteiger partial charge in [-0.2, -0.15) is 0 Å². The second kappa shape index (κ2) is 7.66. The molecule has 0 spiro atoms. The minimum Gasteiger partial charge on any atom is -0.478 e. The van der Waals surface area contributed by atoms with E-state index in [2.05, 4.69) is 36.4 Å². The molecule has 3 aromatic rings. The lowest BCUT2D eigenvalue weighted by Gasteiger charge is -2.21. The molecule has 1 saturated carbocycles. The number of anilines is 1. The number of amides is 2. The Hall–Kier alpha value is -4.25. The molecule has 2 aliphatic carbocycles. The number of fused-ring (bicyclic) bond motifs is 5. The number of carbonyl (C=O) groups is 3. The summed E-state index contributed by atoms with van der Waals surface area (Å²) in [7, 11) is 0. The predicted octanol–water partition coefficient (Wildman–Crippen LogP) is 4.81. The zero-order valence-electron chi connectivity index (χ0n) is 18.2. The van der Waals surface area contributed by atoms with E-state index < -0.39 is 17.8 Å². The van der Waals surface area contributed by atoms with Crippen LogP contribution in [0.4, 0.5) is 5.69 Å². The molecule has 0 radical (unpaired) electrons. The maximum atomic E-state index is 13.6. The first-order valence-corrected chi connectivity index (χ1v) is 11.3. The molecule has 1 N–H and O–H groups in total. The van der Waals surface area contributed by atoms with Gasteiger partial charge in [0.05, 0.1) is 23.1 Å². The smallest absolute Gasteiger partial charge is 0.335 e. The summed E-state index contributed by atoms with van der Waals surface area (Å²) in [4.78, 5) is 39.6. The van der Waals surface area contributed by atoms with E-state index in [0.29, 0.717) is 5.69 Å². The Balaban J connectivity index is 1.44. The van der Waals surface area contributed by atoms with Crippen LogP contribution in [0.1, 0.15) is 21.5 Å². The normalized spacial score (nSPS) is 24.6. The van der Waals surface area contributed by atoms with Gasteiger partial charge in [-0.3, -0.25) is 9.59 Å². The Labute approximate surface area is 196 Å². The Bertz CT molecular complexity index is 1300. The third kappa shape index (κ3) is 2.90. The molecule has 1 saturated heterocycles. The first-order chi connectivity index (χ1) is 16.6. The number of nitrogens with zero attached hydrogens (tertiary/aromatic N) is 1. The van der Waals surface area contributed by atoms with Crippen molar-refractivity contribution in [1.82, 2.24) is 0 Å². The second-order valence-corrected chi connectivity index (χ2v) is 8.91. The summed E-state index contributed by atoms with van der Waals surface area (Å²) < 4.78 is 0. The molecule has 5 nitrogen and oxygen atoms in total. The number of carbonyl (C=O) groups excluding carboxylic acids is 2. The van der Waals surface area contributed by atoms with Gasteiger partial charge in [-0.05, 0) is 46.5 Å². The summed E-state index contributed by atoms with van der Waals surface area (Å²) in [6, 6.07) is 26.2. The molecular formula is C29H21NO4.